The molecule has 0 aliphatic heterocycles. The minimum Gasteiger partial charge on any atom is -0.492 e. The van der Waals surface area contributed by atoms with Gasteiger partial charge in [0, 0.05) is 12.7 Å². The van der Waals surface area contributed by atoms with E-state index < -0.39 is 0 Å². The average Bonchev–Trinajstić information content (AvgIpc) is 2.42. The summed E-state index contributed by atoms with van der Waals surface area (Å²) >= 11 is 0. The number of nitrogens with one attached hydrogen (secondary N) is 2. The molecule has 2 rings (SSSR count). The van der Waals surface area contributed by atoms with Gasteiger partial charge in [0.05, 0.1) is 12.3 Å². The molecule has 2 N–H and O–H groups in total. The molecule has 0 saturated carbocycles. The van der Waals surface area contributed by atoms with Crippen LogP contribution in [0.2, 0.25) is 0 Å². The highest BCUT2D eigenvalue weighted by molar-refractivity contribution is 5.64. The molecule has 0 bridgehead atoms. The molecule has 5 heteroatoms. The summed E-state index contributed by atoms with van der Waals surface area (Å²) in [6.45, 7) is 5.39. The normalized spacial score (nSPS) is 10.0. The monoisotopic (exact) mass is 258 g/mol. The van der Waals surface area contributed by atoms with Crippen molar-refractivity contribution >= 4 is 17.5 Å². The topological polar surface area (TPSA) is 59.1 Å². The van der Waals surface area contributed by atoms with Crippen LogP contribution in [0.5, 0.6) is 5.75 Å². The van der Waals surface area contributed by atoms with E-state index in [0.29, 0.717) is 12.6 Å². The number of hydrogen-bond donors (Lipinski definition) is 2. The number of anilines is 3. The number of rotatable bonds is 6. The fraction of sp³-hybridized carbons (Fsp3) is 0.286. The Morgan fingerprint density at radius 2 is 2.00 bits per heavy atom. The molecule has 1 heterocycles. The second-order valence-corrected chi connectivity index (χ2v) is 3.85. The number of benzene rings is 1. The molecule has 0 amide bonds. The molecule has 1 aromatic carbocycles. The molecule has 100 valence electrons. The van der Waals surface area contributed by atoms with Crippen LogP contribution < -0.4 is 15.4 Å². The molecule has 0 atom stereocenters. The van der Waals surface area contributed by atoms with Gasteiger partial charge < -0.3 is 15.4 Å². The van der Waals surface area contributed by atoms with Crippen molar-refractivity contribution in [2.45, 2.75) is 13.8 Å². The van der Waals surface area contributed by atoms with Crippen LogP contribution in [0.15, 0.2) is 36.5 Å². The molecule has 0 aliphatic rings. The van der Waals surface area contributed by atoms with Gasteiger partial charge in [-0.15, -0.1) is 0 Å². The molecule has 5 nitrogen and oxygen atoms in total. The van der Waals surface area contributed by atoms with E-state index in [0.717, 1.165) is 23.8 Å². The van der Waals surface area contributed by atoms with Crippen LogP contribution in [0.3, 0.4) is 0 Å². The van der Waals surface area contributed by atoms with E-state index in [2.05, 4.69) is 20.6 Å². The highest BCUT2D eigenvalue weighted by atomic mass is 16.5. The first kappa shape index (κ1) is 13.1. The molecule has 2 aromatic rings. The number of hydrogen-bond acceptors (Lipinski definition) is 5. The fourth-order valence-corrected chi connectivity index (χ4v) is 1.66. The number of para-hydroxylation sites is 2. The van der Waals surface area contributed by atoms with Gasteiger partial charge >= 0.3 is 0 Å². The van der Waals surface area contributed by atoms with Gasteiger partial charge in [0.25, 0.3) is 0 Å². The predicted octanol–water partition coefficient (Wildman–Crippen LogP) is 3.05. The van der Waals surface area contributed by atoms with E-state index in [1.165, 1.54) is 0 Å². The molecular weight excluding hydrogens is 240 g/mol. The van der Waals surface area contributed by atoms with Gasteiger partial charge in [-0.3, -0.25) is 0 Å². The third-order valence-corrected chi connectivity index (χ3v) is 2.44. The summed E-state index contributed by atoms with van der Waals surface area (Å²) in [6, 6.07) is 9.61. The summed E-state index contributed by atoms with van der Waals surface area (Å²) in [4.78, 5) is 8.51. The third kappa shape index (κ3) is 3.58. The zero-order valence-electron chi connectivity index (χ0n) is 11.2. The molecule has 0 fully saturated rings. The van der Waals surface area contributed by atoms with Crippen LogP contribution in [0.4, 0.5) is 17.5 Å². The Labute approximate surface area is 113 Å². The van der Waals surface area contributed by atoms with Crippen LogP contribution in [0.25, 0.3) is 0 Å². The van der Waals surface area contributed by atoms with Gasteiger partial charge in [0.2, 0.25) is 5.95 Å². The highest BCUT2D eigenvalue weighted by Gasteiger charge is 2.04. The van der Waals surface area contributed by atoms with Gasteiger partial charge in [-0.1, -0.05) is 12.1 Å². The molecule has 19 heavy (non-hydrogen) atoms. The zero-order valence-corrected chi connectivity index (χ0v) is 11.2. The maximum absolute atomic E-state index is 5.57. The molecule has 0 spiro atoms. The Morgan fingerprint density at radius 3 is 2.79 bits per heavy atom. The van der Waals surface area contributed by atoms with E-state index in [-0.39, 0.29) is 0 Å². The summed E-state index contributed by atoms with van der Waals surface area (Å²) in [5.41, 5.74) is 0.894. The summed E-state index contributed by atoms with van der Waals surface area (Å²) in [7, 11) is 0. The van der Waals surface area contributed by atoms with Gasteiger partial charge in [0.1, 0.15) is 11.6 Å². The van der Waals surface area contributed by atoms with Crippen molar-refractivity contribution in [1.82, 2.24) is 9.97 Å². The van der Waals surface area contributed by atoms with Gasteiger partial charge in [-0.25, -0.2) is 4.98 Å². The molecule has 1 aromatic heterocycles. The smallest absolute Gasteiger partial charge is 0.224 e. The summed E-state index contributed by atoms with van der Waals surface area (Å²) < 4.78 is 5.57. The Balaban J connectivity index is 2.18. The number of nitrogens with zero attached hydrogens (tertiary/aromatic N) is 2. The maximum Gasteiger partial charge on any atom is 0.224 e. The van der Waals surface area contributed by atoms with E-state index in [1.54, 1.807) is 6.20 Å². The lowest BCUT2D eigenvalue weighted by atomic mass is 10.3. The molecule has 0 saturated heterocycles. The second kappa shape index (κ2) is 6.58. The fourth-order valence-electron chi connectivity index (χ4n) is 1.66. The number of aromatic nitrogens is 2. The zero-order chi connectivity index (χ0) is 13.5. The Morgan fingerprint density at radius 1 is 1.16 bits per heavy atom. The minimum absolute atomic E-state index is 0.612. The lowest BCUT2D eigenvalue weighted by Crippen LogP contribution is -2.04. The average molecular weight is 258 g/mol. The highest BCUT2D eigenvalue weighted by Crippen LogP contribution is 2.26. The summed E-state index contributed by atoms with van der Waals surface area (Å²) in [5, 5.41) is 6.32. The second-order valence-electron chi connectivity index (χ2n) is 3.85. The van der Waals surface area contributed by atoms with Crippen LogP contribution >= 0.6 is 0 Å². The largest absolute Gasteiger partial charge is 0.492 e. The Kier molecular flexibility index (Phi) is 4.55. The first-order chi connectivity index (χ1) is 9.33. The van der Waals surface area contributed by atoms with Crippen molar-refractivity contribution in [3.05, 3.63) is 36.5 Å². The molecule has 0 radical (unpaired) electrons. The van der Waals surface area contributed by atoms with Crippen molar-refractivity contribution in [3.8, 4) is 5.75 Å². The third-order valence-electron chi connectivity index (χ3n) is 2.44. The van der Waals surface area contributed by atoms with Crippen molar-refractivity contribution in [2.75, 3.05) is 23.8 Å². The van der Waals surface area contributed by atoms with E-state index >= 15 is 0 Å². The van der Waals surface area contributed by atoms with Gasteiger partial charge in [0.15, 0.2) is 0 Å². The van der Waals surface area contributed by atoms with E-state index in [9.17, 15) is 0 Å². The van der Waals surface area contributed by atoms with Crippen molar-refractivity contribution in [2.24, 2.45) is 0 Å². The summed E-state index contributed by atoms with van der Waals surface area (Å²) in [5.74, 6) is 2.16. The number of ether oxygens (including phenoxy) is 1. The van der Waals surface area contributed by atoms with Crippen molar-refractivity contribution < 1.29 is 4.74 Å². The minimum atomic E-state index is 0.612. The van der Waals surface area contributed by atoms with Crippen LogP contribution in [-0.4, -0.2) is 23.1 Å². The lowest BCUT2D eigenvalue weighted by molar-refractivity contribution is 0.342. The van der Waals surface area contributed by atoms with Crippen LogP contribution in [0.1, 0.15) is 13.8 Å². The molecule has 0 aliphatic carbocycles. The van der Waals surface area contributed by atoms with Crippen LogP contribution in [0, 0.1) is 0 Å². The van der Waals surface area contributed by atoms with E-state index in [4.69, 9.17) is 4.74 Å². The lowest BCUT2D eigenvalue weighted by Gasteiger charge is -2.12. The molecule has 0 unspecified atom stereocenters. The maximum atomic E-state index is 5.57. The first-order valence-corrected chi connectivity index (χ1v) is 6.39. The first-order valence-electron chi connectivity index (χ1n) is 6.39. The van der Waals surface area contributed by atoms with E-state index in [1.807, 2.05) is 44.2 Å². The standard InChI is InChI=1S/C14H18N4O/c1-3-15-14-16-10-9-13(18-14)17-11-7-5-6-8-12(11)19-4-2/h5-10H,3-4H2,1-2H3,(H2,15,16,17,18). The molecular formula is C14H18N4O. The Bertz CT molecular complexity index is 530. The SMILES string of the molecule is CCNc1nccc(Nc2ccccc2OCC)n1. The van der Waals surface area contributed by atoms with Crippen LogP contribution in [-0.2, 0) is 0 Å². The van der Waals surface area contributed by atoms with Gasteiger partial charge in [-0.05, 0) is 32.0 Å². The van der Waals surface area contributed by atoms with Crippen molar-refractivity contribution in [3.63, 3.8) is 0 Å². The van der Waals surface area contributed by atoms with Crippen molar-refractivity contribution in [1.29, 1.82) is 0 Å². The predicted molar refractivity (Wildman–Crippen MR) is 77.1 cm³/mol. The van der Waals surface area contributed by atoms with Gasteiger partial charge in [-0.2, -0.15) is 4.98 Å². The summed E-state index contributed by atoms with van der Waals surface area (Å²) in [6.07, 6.45) is 1.72. The quantitative estimate of drug-likeness (QED) is 0.834. The Hall–Kier alpha value is -2.30.